The Kier molecular flexibility index (Phi) is 4.65. The molecule has 86 valence electrons. The van der Waals surface area contributed by atoms with Crippen molar-refractivity contribution in [3.05, 3.63) is 23.8 Å². The molecule has 5 nitrogen and oxygen atoms in total. The number of aromatic hydroxyl groups is 1. The molecule has 0 aliphatic heterocycles. The normalized spacial score (nSPS) is 12.0. The van der Waals surface area contributed by atoms with E-state index < -0.39 is 0 Å². The Hall–Kier alpha value is -1.69. The number of phenols is 1. The van der Waals surface area contributed by atoms with E-state index in [1.165, 1.54) is 31.2 Å². The van der Waals surface area contributed by atoms with E-state index in [-0.39, 0.29) is 5.75 Å². The van der Waals surface area contributed by atoms with Gasteiger partial charge in [-0.2, -0.15) is 5.10 Å². The molecule has 1 aromatic carbocycles. The number of hydrogen-bond acceptors (Lipinski definition) is 5. The summed E-state index contributed by atoms with van der Waals surface area (Å²) >= 11 is 1.31. The first-order valence-electron chi connectivity index (χ1n) is 4.45. The van der Waals surface area contributed by atoms with Gasteiger partial charge in [0, 0.05) is 0 Å². The maximum atomic E-state index is 9.49. The van der Waals surface area contributed by atoms with E-state index >= 15 is 0 Å². The molecule has 1 aromatic rings. The Bertz CT molecular complexity index is 419. The highest BCUT2D eigenvalue weighted by molar-refractivity contribution is 8.13. The summed E-state index contributed by atoms with van der Waals surface area (Å²) in [6.07, 6.45) is 3.32. The Morgan fingerprint density at radius 1 is 1.56 bits per heavy atom. The van der Waals surface area contributed by atoms with Gasteiger partial charge in [-0.1, -0.05) is 11.8 Å². The molecule has 0 aliphatic rings. The molecule has 0 aromatic heterocycles. The number of benzene rings is 1. The topological polar surface area (TPSA) is 80.2 Å². The highest BCUT2D eigenvalue weighted by Crippen LogP contribution is 2.25. The van der Waals surface area contributed by atoms with Crippen LogP contribution in [0.25, 0.3) is 0 Å². The lowest BCUT2D eigenvalue weighted by molar-refractivity contribution is 0.373. The van der Waals surface area contributed by atoms with Crippen LogP contribution in [0.4, 0.5) is 0 Å². The van der Waals surface area contributed by atoms with Gasteiger partial charge in [0.15, 0.2) is 16.7 Å². The number of methoxy groups -OCH3 is 1. The predicted octanol–water partition coefficient (Wildman–Crippen LogP) is 1.41. The van der Waals surface area contributed by atoms with Crippen LogP contribution in [0.1, 0.15) is 5.56 Å². The first-order valence-corrected chi connectivity index (χ1v) is 5.67. The lowest BCUT2D eigenvalue weighted by Gasteiger charge is -2.02. The van der Waals surface area contributed by atoms with Gasteiger partial charge >= 0.3 is 0 Å². The summed E-state index contributed by atoms with van der Waals surface area (Å²) < 4.78 is 4.91. The summed E-state index contributed by atoms with van der Waals surface area (Å²) in [5.41, 5.74) is 6.16. The minimum Gasteiger partial charge on any atom is -0.504 e. The van der Waals surface area contributed by atoms with Crippen LogP contribution in [0.15, 0.2) is 28.4 Å². The number of phenolic OH excluding ortho intramolecular Hbond substituents is 1. The second-order valence-corrected chi connectivity index (χ2v) is 3.64. The SMILES string of the molecule is COc1ccc(/C=N\N=C(/N)SC)cc1O. The van der Waals surface area contributed by atoms with Gasteiger partial charge in [-0.05, 0) is 30.0 Å². The monoisotopic (exact) mass is 239 g/mol. The zero-order chi connectivity index (χ0) is 12.0. The van der Waals surface area contributed by atoms with Crippen molar-refractivity contribution in [2.45, 2.75) is 0 Å². The fourth-order valence-electron chi connectivity index (χ4n) is 0.981. The van der Waals surface area contributed by atoms with Gasteiger partial charge < -0.3 is 15.6 Å². The van der Waals surface area contributed by atoms with Crippen molar-refractivity contribution in [1.82, 2.24) is 0 Å². The molecule has 0 saturated carbocycles. The first-order chi connectivity index (χ1) is 7.67. The summed E-state index contributed by atoms with van der Waals surface area (Å²) in [5, 5.41) is 17.4. The standard InChI is InChI=1S/C10H13N3O2S/c1-15-9-4-3-7(5-8(9)14)6-12-13-10(11)16-2/h3-6,14H,1-2H3,(H2,11,13)/b12-6-. The molecule has 0 aliphatic carbocycles. The summed E-state index contributed by atoms with van der Waals surface area (Å²) in [6.45, 7) is 0. The van der Waals surface area contributed by atoms with Gasteiger partial charge in [-0.25, -0.2) is 0 Å². The highest BCUT2D eigenvalue weighted by atomic mass is 32.2. The number of nitrogens with two attached hydrogens (primary N) is 1. The number of amidine groups is 1. The summed E-state index contributed by atoms with van der Waals surface area (Å²) in [4.78, 5) is 0. The summed E-state index contributed by atoms with van der Waals surface area (Å²) in [5.74, 6) is 0.484. The van der Waals surface area contributed by atoms with Crippen LogP contribution < -0.4 is 10.5 Å². The van der Waals surface area contributed by atoms with Gasteiger partial charge in [-0.3, -0.25) is 0 Å². The van der Waals surface area contributed by atoms with Crippen molar-refractivity contribution in [3.63, 3.8) is 0 Å². The second-order valence-electron chi connectivity index (χ2n) is 2.82. The van der Waals surface area contributed by atoms with Crippen molar-refractivity contribution >= 4 is 23.1 Å². The van der Waals surface area contributed by atoms with Crippen LogP contribution in [0, 0.1) is 0 Å². The Morgan fingerprint density at radius 2 is 2.31 bits per heavy atom. The lowest BCUT2D eigenvalue weighted by Crippen LogP contribution is -2.03. The highest BCUT2D eigenvalue weighted by Gasteiger charge is 2.00. The number of hydrogen-bond donors (Lipinski definition) is 2. The molecule has 0 heterocycles. The molecule has 0 atom stereocenters. The van der Waals surface area contributed by atoms with Crippen molar-refractivity contribution in [2.24, 2.45) is 15.9 Å². The summed E-state index contributed by atoms with van der Waals surface area (Å²) in [7, 11) is 1.49. The van der Waals surface area contributed by atoms with Crippen LogP contribution in [-0.2, 0) is 0 Å². The number of nitrogens with zero attached hydrogens (tertiary/aromatic N) is 2. The van der Waals surface area contributed by atoms with Crippen LogP contribution >= 0.6 is 11.8 Å². The molecular weight excluding hydrogens is 226 g/mol. The third kappa shape index (κ3) is 3.47. The Morgan fingerprint density at radius 3 is 2.88 bits per heavy atom. The van der Waals surface area contributed by atoms with E-state index in [4.69, 9.17) is 10.5 Å². The zero-order valence-corrected chi connectivity index (χ0v) is 9.86. The minimum atomic E-state index is 0.0632. The molecule has 0 unspecified atom stereocenters. The lowest BCUT2D eigenvalue weighted by atomic mass is 10.2. The van der Waals surface area contributed by atoms with Crippen LogP contribution in [0.2, 0.25) is 0 Å². The van der Waals surface area contributed by atoms with Crippen molar-refractivity contribution < 1.29 is 9.84 Å². The van der Waals surface area contributed by atoms with Gasteiger partial charge in [-0.15, -0.1) is 5.10 Å². The molecule has 16 heavy (non-hydrogen) atoms. The average Bonchev–Trinajstić information content (AvgIpc) is 2.29. The van der Waals surface area contributed by atoms with Gasteiger partial charge in [0.25, 0.3) is 0 Å². The van der Waals surface area contributed by atoms with E-state index in [1.807, 2.05) is 6.26 Å². The third-order valence-corrected chi connectivity index (χ3v) is 2.28. The number of thioether (sulfide) groups is 1. The van der Waals surface area contributed by atoms with E-state index in [2.05, 4.69) is 10.2 Å². The van der Waals surface area contributed by atoms with Crippen molar-refractivity contribution in [1.29, 1.82) is 0 Å². The molecule has 0 spiro atoms. The Balaban J connectivity index is 2.79. The maximum Gasteiger partial charge on any atom is 0.180 e. The van der Waals surface area contributed by atoms with Crippen LogP contribution in [0.5, 0.6) is 11.5 Å². The fraction of sp³-hybridized carbons (Fsp3) is 0.200. The maximum absolute atomic E-state index is 9.49. The quantitative estimate of drug-likeness (QED) is 0.475. The zero-order valence-electron chi connectivity index (χ0n) is 9.04. The van der Waals surface area contributed by atoms with E-state index in [1.54, 1.807) is 12.1 Å². The molecule has 0 radical (unpaired) electrons. The molecule has 0 fully saturated rings. The molecular formula is C10H13N3O2S. The second kappa shape index (κ2) is 6.02. The largest absolute Gasteiger partial charge is 0.504 e. The van der Waals surface area contributed by atoms with Crippen molar-refractivity contribution in [2.75, 3.05) is 13.4 Å². The van der Waals surface area contributed by atoms with Gasteiger partial charge in [0.1, 0.15) is 0 Å². The smallest absolute Gasteiger partial charge is 0.180 e. The summed E-state index contributed by atoms with van der Waals surface area (Å²) in [6, 6.07) is 4.94. The fourth-order valence-corrected chi connectivity index (χ4v) is 1.11. The number of ether oxygens (including phenoxy) is 1. The predicted molar refractivity (Wildman–Crippen MR) is 67.4 cm³/mol. The molecule has 1 rings (SSSR count). The van der Waals surface area contributed by atoms with Crippen LogP contribution in [0.3, 0.4) is 0 Å². The van der Waals surface area contributed by atoms with E-state index in [0.29, 0.717) is 10.9 Å². The minimum absolute atomic E-state index is 0.0632. The van der Waals surface area contributed by atoms with Gasteiger partial charge in [0.2, 0.25) is 0 Å². The first kappa shape index (κ1) is 12.4. The number of rotatable bonds is 3. The molecule has 6 heteroatoms. The van der Waals surface area contributed by atoms with Crippen molar-refractivity contribution in [3.8, 4) is 11.5 Å². The Labute approximate surface area is 98.0 Å². The van der Waals surface area contributed by atoms with Crippen LogP contribution in [-0.4, -0.2) is 29.9 Å². The molecule has 0 bridgehead atoms. The third-order valence-electron chi connectivity index (χ3n) is 1.78. The molecule has 3 N–H and O–H groups in total. The van der Waals surface area contributed by atoms with E-state index in [0.717, 1.165) is 5.56 Å². The van der Waals surface area contributed by atoms with Gasteiger partial charge in [0.05, 0.1) is 13.3 Å². The molecule has 0 saturated heterocycles. The van der Waals surface area contributed by atoms with E-state index in [9.17, 15) is 5.11 Å². The average molecular weight is 239 g/mol. The molecule has 0 amide bonds.